The topological polar surface area (TPSA) is 55.1 Å². The molecule has 3 heteroatoms. The fourth-order valence-electron chi connectivity index (χ4n) is 2.08. The molecule has 0 aromatic heterocycles. The number of hydrogen-bond acceptors (Lipinski definition) is 2. The second-order valence-corrected chi connectivity index (χ2v) is 4.45. The normalized spacial score (nSPS) is 18.9. The Morgan fingerprint density at radius 2 is 2.18 bits per heavy atom. The third-order valence-corrected chi connectivity index (χ3v) is 3.13. The Morgan fingerprint density at radius 3 is 2.88 bits per heavy atom. The van der Waals surface area contributed by atoms with Crippen molar-refractivity contribution in [1.29, 1.82) is 0 Å². The summed E-state index contributed by atoms with van der Waals surface area (Å²) in [7, 11) is 0. The standard InChI is InChI=1S/C14H18N2O/c15-13-9-5-4-8-12(13)14(17)16-10-11-6-2-1-3-7-11/h1-2,4-5,8-9,11H,3,6-7,10,15H2,(H,16,17). The Kier molecular flexibility index (Phi) is 3.81. The number of anilines is 1. The van der Waals surface area contributed by atoms with E-state index in [9.17, 15) is 4.79 Å². The number of benzene rings is 1. The molecule has 1 atom stereocenters. The van der Waals surface area contributed by atoms with E-state index >= 15 is 0 Å². The minimum atomic E-state index is -0.0716. The van der Waals surface area contributed by atoms with Gasteiger partial charge in [0, 0.05) is 12.2 Å². The second-order valence-electron chi connectivity index (χ2n) is 4.45. The molecular weight excluding hydrogens is 212 g/mol. The van der Waals surface area contributed by atoms with E-state index in [1.807, 2.05) is 12.1 Å². The number of carbonyl (C=O) groups excluding carboxylic acids is 1. The summed E-state index contributed by atoms with van der Waals surface area (Å²) < 4.78 is 0. The maximum atomic E-state index is 11.9. The van der Waals surface area contributed by atoms with Crippen molar-refractivity contribution in [3.8, 4) is 0 Å². The molecule has 0 saturated carbocycles. The first-order chi connectivity index (χ1) is 8.27. The zero-order chi connectivity index (χ0) is 12.1. The molecule has 90 valence electrons. The lowest BCUT2D eigenvalue weighted by Crippen LogP contribution is -2.30. The highest BCUT2D eigenvalue weighted by atomic mass is 16.1. The van der Waals surface area contributed by atoms with Crippen molar-refractivity contribution >= 4 is 11.6 Å². The summed E-state index contributed by atoms with van der Waals surface area (Å²) in [6, 6.07) is 7.16. The third-order valence-electron chi connectivity index (χ3n) is 3.13. The number of carbonyl (C=O) groups is 1. The number of rotatable bonds is 3. The molecule has 1 amide bonds. The number of hydrogen-bond donors (Lipinski definition) is 2. The quantitative estimate of drug-likeness (QED) is 0.618. The smallest absolute Gasteiger partial charge is 0.253 e. The number of nitrogen functional groups attached to an aromatic ring is 1. The van der Waals surface area contributed by atoms with Crippen LogP contribution in [0.4, 0.5) is 5.69 Å². The van der Waals surface area contributed by atoms with Gasteiger partial charge < -0.3 is 11.1 Å². The van der Waals surface area contributed by atoms with Crippen molar-refractivity contribution in [2.75, 3.05) is 12.3 Å². The van der Waals surface area contributed by atoms with Gasteiger partial charge in [0.1, 0.15) is 0 Å². The molecule has 0 radical (unpaired) electrons. The van der Waals surface area contributed by atoms with Gasteiger partial charge in [-0.3, -0.25) is 4.79 Å². The molecule has 2 rings (SSSR count). The van der Waals surface area contributed by atoms with Crippen LogP contribution < -0.4 is 11.1 Å². The van der Waals surface area contributed by atoms with Crippen LogP contribution in [0.15, 0.2) is 36.4 Å². The molecule has 3 N–H and O–H groups in total. The third kappa shape index (κ3) is 3.09. The van der Waals surface area contributed by atoms with Crippen LogP contribution in [-0.2, 0) is 0 Å². The van der Waals surface area contributed by atoms with Gasteiger partial charge in [-0.2, -0.15) is 0 Å². The molecule has 17 heavy (non-hydrogen) atoms. The first-order valence-electron chi connectivity index (χ1n) is 6.05. The van der Waals surface area contributed by atoms with Gasteiger partial charge in [0.05, 0.1) is 5.56 Å². The highest BCUT2D eigenvalue weighted by Gasteiger charge is 2.13. The van der Waals surface area contributed by atoms with Crippen molar-refractivity contribution in [2.45, 2.75) is 19.3 Å². The van der Waals surface area contributed by atoms with Crippen molar-refractivity contribution in [1.82, 2.24) is 5.32 Å². The molecular formula is C14H18N2O. The molecule has 1 aliphatic carbocycles. The van der Waals surface area contributed by atoms with Crippen LogP contribution in [0.25, 0.3) is 0 Å². The van der Waals surface area contributed by atoms with Gasteiger partial charge in [0.25, 0.3) is 5.91 Å². The summed E-state index contributed by atoms with van der Waals surface area (Å²) in [4.78, 5) is 11.9. The zero-order valence-corrected chi connectivity index (χ0v) is 9.86. The van der Waals surface area contributed by atoms with Gasteiger partial charge in [-0.15, -0.1) is 0 Å². The fraction of sp³-hybridized carbons (Fsp3) is 0.357. The molecule has 0 saturated heterocycles. The maximum Gasteiger partial charge on any atom is 0.253 e. The number of nitrogens with one attached hydrogen (secondary N) is 1. The van der Waals surface area contributed by atoms with Gasteiger partial charge in [0.2, 0.25) is 0 Å². The Bertz CT molecular complexity index is 426. The average molecular weight is 230 g/mol. The van der Waals surface area contributed by atoms with Crippen LogP contribution in [0, 0.1) is 5.92 Å². The molecule has 0 spiro atoms. The van der Waals surface area contributed by atoms with E-state index in [-0.39, 0.29) is 5.91 Å². The Morgan fingerprint density at radius 1 is 1.35 bits per heavy atom. The van der Waals surface area contributed by atoms with E-state index in [0.717, 1.165) is 25.8 Å². The Balaban J connectivity index is 1.89. The predicted octanol–water partition coefficient (Wildman–Crippen LogP) is 2.35. The first-order valence-corrected chi connectivity index (χ1v) is 6.05. The molecule has 1 aromatic rings. The van der Waals surface area contributed by atoms with Crippen molar-refractivity contribution in [3.63, 3.8) is 0 Å². The van der Waals surface area contributed by atoms with Gasteiger partial charge >= 0.3 is 0 Å². The molecule has 0 aliphatic heterocycles. The summed E-state index contributed by atoms with van der Waals surface area (Å²) >= 11 is 0. The van der Waals surface area contributed by atoms with E-state index < -0.39 is 0 Å². The molecule has 0 bridgehead atoms. The molecule has 1 unspecified atom stereocenters. The monoisotopic (exact) mass is 230 g/mol. The van der Waals surface area contributed by atoms with Crippen molar-refractivity contribution in [2.24, 2.45) is 5.92 Å². The van der Waals surface area contributed by atoms with E-state index in [1.54, 1.807) is 12.1 Å². The molecule has 1 aromatic carbocycles. The van der Waals surface area contributed by atoms with E-state index in [1.165, 1.54) is 0 Å². The van der Waals surface area contributed by atoms with E-state index in [0.29, 0.717) is 17.2 Å². The average Bonchev–Trinajstić information content (AvgIpc) is 2.38. The largest absolute Gasteiger partial charge is 0.398 e. The lowest BCUT2D eigenvalue weighted by Gasteiger charge is -2.18. The van der Waals surface area contributed by atoms with Crippen LogP contribution in [0.3, 0.4) is 0 Å². The van der Waals surface area contributed by atoms with Crippen molar-refractivity contribution < 1.29 is 4.79 Å². The summed E-state index contributed by atoms with van der Waals surface area (Å²) in [6.45, 7) is 0.734. The number of nitrogens with two attached hydrogens (primary N) is 1. The summed E-state index contributed by atoms with van der Waals surface area (Å²) in [6.07, 6.45) is 7.73. The minimum absolute atomic E-state index is 0.0716. The fourth-order valence-corrected chi connectivity index (χ4v) is 2.08. The van der Waals surface area contributed by atoms with Gasteiger partial charge in [0.15, 0.2) is 0 Å². The molecule has 0 fully saturated rings. The SMILES string of the molecule is Nc1ccccc1C(=O)NCC1CC=CCC1. The van der Waals surface area contributed by atoms with Gasteiger partial charge in [-0.25, -0.2) is 0 Å². The van der Waals surface area contributed by atoms with Crippen LogP contribution in [0.5, 0.6) is 0 Å². The first kappa shape index (κ1) is 11.7. The van der Waals surface area contributed by atoms with Crippen molar-refractivity contribution in [3.05, 3.63) is 42.0 Å². The second kappa shape index (κ2) is 5.53. The lowest BCUT2D eigenvalue weighted by atomic mass is 9.94. The number of para-hydroxylation sites is 1. The maximum absolute atomic E-state index is 11.9. The minimum Gasteiger partial charge on any atom is -0.398 e. The van der Waals surface area contributed by atoms with Crippen LogP contribution in [-0.4, -0.2) is 12.5 Å². The van der Waals surface area contributed by atoms with Gasteiger partial charge in [-0.1, -0.05) is 24.3 Å². The van der Waals surface area contributed by atoms with Crippen LogP contribution in [0.2, 0.25) is 0 Å². The van der Waals surface area contributed by atoms with E-state index in [4.69, 9.17) is 5.73 Å². The van der Waals surface area contributed by atoms with Crippen LogP contribution in [0.1, 0.15) is 29.6 Å². The summed E-state index contributed by atoms with van der Waals surface area (Å²) in [5.74, 6) is 0.492. The molecule has 3 nitrogen and oxygen atoms in total. The van der Waals surface area contributed by atoms with E-state index in [2.05, 4.69) is 17.5 Å². The lowest BCUT2D eigenvalue weighted by molar-refractivity contribution is 0.0947. The number of allylic oxidation sites excluding steroid dienone is 2. The highest BCUT2D eigenvalue weighted by Crippen LogP contribution is 2.17. The number of amides is 1. The highest BCUT2D eigenvalue weighted by molar-refractivity contribution is 5.99. The zero-order valence-electron chi connectivity index (χ0n) is 9.86. The van der Waals surface area contributed by atoms with Gasteiger partial charge in [-0.05, 0) is 37.3 Å². The summed E-state index contributed by atoms with van der Waals surface area (Å²) in [5.41, 5.74) is 6.86. The summed E-state index contributed by atoms with van der Waals surface area (Å²) in [5, 5.41) is 2.96. The Labute approximate surface area is 102 Å². The Hall–Kier alpha value is -1.77. The molecule has 0 heterocycles. The van der Waals surface area contributed by atoms with Crippen LogP contribution >= 0.6 is 0 Å². The molecule has 1 aliphatic rings. The predicted molar refractivity (Wildman–Crippen MR) is 69.7 cm³/mol.